The van der Waals surface area contributed by atoms with Crippen LogP contribution in [0.15, 0.2) is 63.4 Å². The molecule has 0 spiro atoms. The highest BCUT2D eigenvalue weighted by Crippen LogP contribution is 2.44. The number of furan rings is 1. The number of nitrogens with one attached hydrogen (secondary N) is 2. The Morgan fingerprint density at radius 3 is 2.67 bits per heavy atom. The molecule has 1 aliphatic carbocycles. The average molecular weight is 442 g/mol. The van der Waals surface area contributed by atoms with Crippen molar-refractivity contribution in [3.63, 3.8) is 0 Å². The molecule has 156 valence electrons. The van der Waals surface area contributed by atoms with Crippen LogP contribution in [-0.2, 0) is 11.2 Å². The summed E-state index contributed by atoms with van der Waals surface area (Å²) in [5.74, 6) is -0.183. The van der Waals surface area contributed by atoms with Crippen LogP contribution in [0.2, 0.25) is 0 Å². The number of hydrogen-bond donors (Lipinski definition) is 2. The Hall–Kier alpha value is -2.58. The van der Waals surface area contributed by atoms with E-state index >= 15 is 0 Å². The minimum absolute atomic E-state index is 0.0517. The Kier molecular flexibility index (Phi) is 6.54. The number of nitrogens with zero attached hydrogens (tertiary/aromatic N) is 1. The van der Waals surface area contributed by atoms with E-state index in [0.717, 1.165) is 12.8 Å². The van der Waals surface area contributed by atoms with E-state index in [1.54, 1.807) is 17.5 Å². The van der Waals surface area contributed by atoms with Crippen LogP contribution in [0.25, 0.3) is 0 Å². The fourth-order valence-corrected chi connectivity index (χ4v) is 5.71. The third-order valence-corrected chi connectivity index (χ3v) is 7.36. The van der Waals surface area contributed by atoms with E-state index < -0.39 is 0 Å². The maximum atomic E-state index is 12.5. The second kappa shape index (κ2) is 9.49. The zero-order valence-corrected chi connectivity index (χ0v) is 18.1. The van der Waals surface area contributed by atoms with Gasteiger partial charge in [0.25, 0.3) is 5.91 Å². The van der Waals surface area contributed by atoms with Gasteiger partial charge in [-0.1, -0.05) is 31.0 Å². The van der Waals surface area contributed by atoms with Gasteiger partial charge in [-0.25, -0.2) is 4.98 Å². The zero-order valence-electron chi connectivity index (χ0n) is 16.4. The van der Waals surface area contributed by atoms with Gasteiger partial charge in [0.1, 0.15) is 0 Å². The maximum Gasteiger partial charge on any atom is 0.293 e. The molecule has 3 aromatic rings. The molecule has 2 heterocycles. The van der Waals surface area contributed by atoms with E-state index in [1.165, 1.54) is 35.3 Å². The third-order valence-electron chi connectivity index (χ3n) is 5.06. The molecule has 30 heavy (non-hydrogen) atoms. The van der Waals surface area contributed by atoms with Gasteiger partial charge in [0, 0.05) is 21.6 Å². The number of carbonyl (C=O) groups excluding carboxylic acids is 2. The highest BCUT2D eigenvalue weighted by atomic mass is 32.2. The largest absolute Gasteiger partial charge is 0.459 e. The Bertz CT molecular complexity index is 980. The first-order valence-electron chi connectivity index (χ1n) is 9.92. The summed E-state index contributed by atoms with van der Waals surface area (Å²) >= 11 is 3.16. The van der Waals surface area contributed by atoms with Crippen molar-refractivity contribution < 1.29 is 14.0 Å². The van der Waals surface area contributed by atoms with Crippen molar-refractivity contribution in [1.82, 2.24) is 10.3 Å². The van der Waals surface area contributed by atoms with Gasteiger partial charge < -0.3 is 9.73 Å². The molecule has 0 bridgehead atoms. The van der Waals surface area contributed by atoms with Gasteiger partial charge in [-0.3, -0.25) is 14.9 Å². The Balaban J connectivity index is 1.30. The lowest BCUT2D eigenvalue weighted by molar-refractivity contribution is -0.120. The molecule has 0 saturated heterocycles. The van der Waals surface area contributed by atoms with Crippen molar-refractivity contribution in [3.05, 3.63) is 65.6 Å². The number of rotatable bonds is 8. The van der Waals surface area contributed by atoms with Crippen LogP contribution < -0.4 is 10.6 Å². The van der Waals surface area contributed by atoms with Crippen LogP contribution >= 0.6 is 23.1 Å². The first kappa shape index (κ1) is 20.7. The predicted octanol–water partition coefficient (Wildman–Crippen LogP) is 4.75. The lowest BCUT2D eigenvalue weighted by Crippen LogP contribution is -2.39. The Morgan fingerprint density at radius 1 is 1.13 bits per heavy atom. The normalized spacial score (nSPS) is 15.1. The van der Waals surface area contributed by atoms with E-state index in [2.05, 4.69) is 27.8 Å². The van der Waals surface area contributed by atoms with Gasteiger partial charge in [0.05, 0.1) is 18.4 Å². The van der Waals surface area contributed by atoms with Gasteiger partial charge in [0.2, 0.25) is 5.91 Å². The zero-order chi connectivity index (χ0) is 20.8. The molecule has 2 aromatic heterocycles. The molecule has 0 radical (unpaired) electrons. The first-order valence-corrected chi connectivity index (χ1v) is 11.6. The lowest BCUT2D eigenvalue weighted by atomic mass is 10.1. The van der Waals surface area contributed by atoms with Crippen molar-refractivity contribution in [2.75, 3.05) is 11.9 Å². The number of benzene rings is 1. The monoisotopic (exact) mass is 441 g/mol. The van der Waals surface area contributed by atoms with E-state index in [4.69, 9.17) is 4.42 Å². The van der Waals surface area contributed by atoms with E-state index in [0.29, 0.717) is 17.4 Å². The van der Waals surface area contributed by atoms with Crippen molar-refractivity contribution >= 4 is 40.0 Å². The van der Waals surface area contributed by atoms with Crippen molar-refractivity contribution in [3.8, 4) is 0 Å². The summed E-state index contributed by atoms with van der Waals surface area (Å²) in [6.45, 7) is 0.650. The van der Waals surface area contributed by atoms with Gasteiger partial charge in [-0.2, -0.15) is 0 Å². The number of amides is 2. The molecule has 1 saturated carbocycles. The number of thioether (sulfide) groups is 1. The van der Waals surface area contributed by atoms with Crippen molar-refractivity contribution in [1.29, 1.82) is 0 Å². The van der Waals surface area contributed by atoms with Crippen molar-refractivity contribution in [2.45, 2.75) is 41.7 Å². The van der Waals surface area contributed by atoms with Crippen molar-refractivity contribution in [2.24, 2.45) is 0 Å². The molecule has 0 unspecified atom stereocenters. The summed E-state index contributed by atoms with van der Waals surface area (Å²) < 4.78 is 5.13. The fraction of sp³-hybridized carbons (Fsp3) is 0.318. The third kappa shape index (κ3) is 5.31. The van der Waals surface area contributed by atoms with Gasteiger partial charge in [-0.05, 0) is 37.1 Å². The number of hydrogen-bond acceptors (Lipinski definition) is 6. The minimum Gasteiger partial charge on any atom is -0.459 e. The predicted molar refractivity (Wildman–Crippen MR) is 119 cm³/mol. The quantitative estimate of drug-likeness (QED) is 0.527. The van der Waals surface area contributed by atoms with Gasteiger partial charge in [-0.15, -0.1) is 23.1 Å². The second-order valence-corrected chi connectivity index (χ2v) is 9.73. The SMILES string of the molecule is O=C(Cc1csc(NC(=O)c2ccco2)n1)NCC1(Sc2ccccc2)CCCC1. The first-order chi connectivity index (χ1) is 14.6. The van der Waals surface area contributed by atoms with E-state index in [9.17, 15) is 9.59 Å². The summed E-state index contributed by atoms with van der Waals surface area (Å²) in [5, 5.41) is 8.04. The molecule has 2 N–H and O–H groups in total. The maximum absolute atomic E-state index is 12.5. The minimum atomic E-state index is -0.355. The van der Waals surface area contributed by atoms with Crippen LogP contribution in [0, 0.1) is 0 Å². The van der Waals surface area contributed by atoms with Gasteiger partial charge >= 0.3 is 0 Å². The lowest BCUT2D eigenvalue weighted by Gasteiger charge is -2.28. The molecule has 6 nitrogen and oxygen atoms in total. The standard InChI is InChI=1S/C22H23N3O3S2/c26-19(13-16-14-29-21(24-16)25-20(27)18-9-6-12-28-18)23-15-22(10-4-5-11-22)30-17-7-2-1-3-8-17/h1-3,6-9,12,14H,4-5,10-11,13,15H2,(H,23,26)(H,24,25,27). The molecular formula is C22H23N3O3S2. The topological polar surface area (TPSA) is 84.2 Å². The molecule has 4 rings (SSSR count). The molecule has 1 aliphatic rings. The molecular weight excluding hydrogens is 418 g/mol. The summed E-state index contributed by atoms with van der Waals surface area (Å²) in [7, 11) is 0. The van der Waals surface area contributed by atoms with E-state index in [1.807, 2.05) is 30.0 Å². The summed E-state index contributed by atoms with van der Waals surface area (Å²) in [6, 6.07) is 13.6. The Labute approximate surface area is 183 Å². The summed E-state index contributed by atoms with van der Waals surface area (Å²) in [6.07, 6.45) is 6.24. The van der Waals surface area contributed by atoms with E-state index in [-0.39, 0.29) is 28.7 Å². The molecule has 2 amide bonds. The summed E-state index contributed by atoms with van der Waals surface area (Å²) in [5.41, 5.74) is 0.642. The summed E-state index contributed by atoms with van der Waals surface area (Å²) in [4.78, 5) is 30.1. The molecule has 8 heteroatoms. The van der Waals surface area contributed by atoms with Crippen LogP contribution in [0.5, 0.6) is 0 Å². The van der Waals surface area contributed by atoms with Crippen LogP contribution in [0.4, 0.5) is 5.13 Å². The van der Waals surface area contributed by atoms with Crippen LogP contribution in [0.1, 0.15) is 41.9 Å². The number of anilines is 1. The van der Waals surface area contributed by atoms with Crippen LogP contribution in [0.3, 0.4) is 0 Å². The highest BCUT2D eigenvalue weighted by Gasteiger charge is 2.35. The second-order valence-electron chi connectivity index (χ2n) is 7.33. The fourth-order valence-electron chi connectivity index (χ4n) is 3.57. The molecule has 1 aromatic carbocycles. The Morgan fingerprint density at radius 2 is 1.93 bits per heavy atom. The number of thiazole rings is 1. The van der Waals surface area contributed by atoms with Gasteiger partial charge in [0.15, 0.2) is 10.9 Å². The smallest absolute Gasteiger partial charge is 0.293 e. The number of aromatic nitrogens is 1. The number of carbonyl (C=O) groups is 2. The molecule has 0 atom stereocenters. The molecule has 1 fully saturated rings. The highest BCUT2D eigenvalue weighted by molar-refractivity contribution is 8.00. The average Bonchev–Trinajstić information content (AvgIpc) is 3.50. The van der Waals surface area contributed by atoms with Crippen LogP contribution in [-0.4, -0.2) is 28.1 Å². The molecule has 0 aliphatic heterocycles.